The van der Waals surface area contributed by atoms with Crippen LogP contribution in [0.1, 0.15) is 19.8 Å². The summed E-state index contributed by atoms with van der Waals surface area (Å²) in [5, 5.41) is 11.3. The molecule has 2 unspecified atom stereocenters. The zero-order valence-corrected chi connectivity index (χ0v) is 18.3. The van der Waals surface area contributed by atoms with Crippen LogP contribution in [0.25, 0.3) is 11.2 Å². The number of aliphatic hydroxyl groups is 1. The van der Waals surface area contributed by atoms with Crippen LogP contribution in [0.3, 0.4) is 0 Å². The maximum absolute atomic E-state index is 12.7. The zero-order valence-electron chi connectivity index (χ0n) is 17.5. The molecule has 0 saturated carbocycles. The number of benzene rings is 1. The summed E-state index contributed by atoms with van der Waals surface area (Å²) in [6.45, 7) is 3.91. The van der Waals surface area contributed by atoms with Crippen LogP contribution in [0.2, 0.25) is 5.02 Å². The van der Waals surface area contributed by atoms with E-state index in [0.717, 1.165) is 25.9 Å². The van der Waals surface area contributed by atoms with Gasteiger partial charge in [0.15, 0.2) is 11.2 Å². The number of imidazole rings is 1. The summed E-state index contributed by atoms with van der Waals surface area (Å²) in [5.41, 5.74) is -0.478. The number of hydrogen-bond acceptors (Lipinski definition) is 6. The van der Waals surface area contributed by atoms with Crippen molar-refractivity contribution < 1.29 is 9.84 Å². The molecule has 1 saturated heterocycles. The minimum atomic E-state index is -0.898. The van der Waals surface area contributed by atoms with Gasteiger partial charge in [0.05, 0.1) is 6.54 Å². The molecule has 1 fully saturated rings. The van der Waals surface area contributed by atoms with Crippen molar-refractivity contribution in [3.63, 3.8) is 0 Å². The van der Waals surface area contributed by atoms with Crippen LogP contribution in [-0.2, 0) is 13.6 Å². The molecule has 1 aliphatic heterocycles. The number of aromatic nitrogens is 4. The SMILES string of the molecule is CC1CCCN(c2nc3c(c(=O)[nH]c(=O)n3C)n2CC(O)COc2ccc(Cl)cc2)C1. The molecule has 9 nitrogen and oxygen atoms in total. The van der Waals surface area contributed by atoms with Gasteiger partial charge in [-0.25, -0.2) is 4.79 Å². The maximum Gasteiger partial charge on any atom is 0.329 e. The number of aryl methyl sites for hydroxylation is 1. The van der Waals surface area contributed by atoms with E-state index in [-0.39, 0.29) is 18.7 Å². The number of fused-ring (bicyclic) bond motifs is 1. The second-order valence-corrected chi connectivity index (χ2v) is 8.56. The topological polar surface area (TPSA) is 105 Å². The number of nitrogens with zero attached hydrogens (tertiary/aromatic N) is 4. The van der Waals surface area contributed by atoms with Gasteiger partial charge in [0.1, 0.15) is 18.5 Å². The van der Waals surface area contributed by atoms with Crippen molar-refractivity contribution in [3.8, 4) is 5.75 Å². The summed E-state index contributed by atoms with van der Waals surface area (Å²) in [7, 11) is 1.57. The normalized spacial score (nSPS) is 17.8. The number of rotatable bonds is 6. The van der Waals surface area contributed by atoms with Gasteiger partial charge in [0, 0.05) is 25.2 Å². The highest BCUT2D eigenvalue weighted by molar-refractivity contribution is 6.30. The van der Waals surface area contributed by atoms with Crippen LogP contribution < -0.4 is 20.9 Å². The molecular formula is C21H26ClN5O4. The van der Waals surface area contributed by atoms with Crippen molar-refractivity contribution >= 4 is 28.7 Å². The third-order valence-electron chi connectivity index (χ3n) is 5.58. The van der Waals surface area contributed by atoms with Crippen molar-refractivity contribution in [1.29, 1.82) is 0 Å². The molecule has 0 radical (unpaired) electrons. The highest BCUT2D eigenvalue weighted by atomic mass is 35.5. The number of H-pyrrole nitrogens is 1. The van der Waals surface area contributed by atoms with E-state index in [1.54, 1.807) is 35.9 Å². The molecule has 0 aliphatic carbocycles. The molecule has 0 bridgehead atoms. The Morgan fingerprint density at radius 1 is 1.32 bits per heavy atom. The Labute approximate surface area is 183 Å². The molecule has 4 rings (SSSR count). The monoisotopic (exact) mass is 447 g/mol. The van der Waals surface area contributed by atoms with Gasteiger partial charge in [0.25, 0.3) is 5.56 Å². The number of anilines is 1. The van der Waals surface area contributed by atoms with Gasteiger partial charge in [-0.3, -0.25) is 14.3 Å². The van der Waals surface area contributed by atoms with Gasteiger partial charge in [-0.2, -0.15) is 4.98 Å². The summed E-state index contributed by atoms with van der Waals surface area (Å²) in [6.07, 6.45) is 1.25. The van der Waals surface area contributed by atoms with E-state index in [2.05, 4.69) is 21.8 Å². The highest BCUT2D eigenvalue weighted by Gasteiger charge is 2.26. The second kappa shape index (κ2) is 8.76. The molecule has 10 heteroatoms. The van der Waals surface area contributed by atoms with Crippen LogP contribution in [0.15, 0.2) is 33.9 Å². The largest absolute Gasteiger partial charge is 0.491 e. The summed E-state index contributed by atoms with van der Waals surface area (Å²) in [4.78, 5) is 33.8. The zero-order chi connectivity index (χ0) is 22.1. The van der Waals surface area contributed by atoms with Crippen molar-refractivity contribution in [2.45, 2.75) is 32.4 Å². The van der Waals surface area contributed by atoms with Crippen molar-refractivity contribution in [2.24, 2.45) is 13.0 Å². The molecule has 3 aromatic rings. The molecule has 31 heavy (non-hydrogen) atoms. The molecule has 3 heterocycles. The number of ether oxygens (including phenoxy) is 1. The predicted molar refractivity (Wildman–Crippen MR) is 119 cm³/mol. The minimum Gasteiger partial charge on any atom is -0.491 e. The molecular weight excluding hydrogens is 422 g/mol. The molecule has 1 aliphatic rings. The molecule has 2 N–H and O–H groups in total. The quantitative estimate of drug-likeness (QED) is 0.596. The van der Waals surface area contributed by atoms with Crippen LogP contribution in [-0.4, -0.2) is 50.0 Å². The molecule has 2 aromatic heterocycles. The number of halogens is 1. The van der Waals surface area contributed by atoms with Gasteiger partial charge in [-0.15, -0.1) is 0 Å². The molecule has 166 valence electrons. The van der Waals surface area contributed by atoms with Crippen molar-refractivity contribution in [1.82, 2.24) is 19.1 Å². The van der Waals surface area contributed by atoms with E-state index in [4.69, 9.17) is 16.3 Å². The van der Waals surface area contributed by atoms with Gasteiger partial charge < -0.3 is 19.3 Å². The third kappa shape index (κ3) is 4.47. The van der Waals surface area contributed by atoms with Gasteiger partial charge in [-0.05, 0) is 43.0 Å². The summed E-state index contributed by atoms with van der Waals surface area (Å²) >= 11 is 5.89. The summed E-state index contributed by atoms with van der Waals surface area (Å²) in [5.74, 6) is 1.66. The fraction of sp³-hybridized carbons (Fsp3) is 0.476. The van der Waals surface area contributed by atoms with Crippen LogP contribution in [0, 0.1) is 5.92 Å². The highest BCUT2D eigenvalue weighted by Crippen LogP contribution is 2.25. The minimum absolute atomic E-state index is 0.0286. The molecule has 0 spiro atoms. The first-order chi connectivity index (χ1) is 14.8. The summed E-state index contributed by atoms with van der Waals surface area (Å²) in [6, 6.07) is 6.87. The van der Waals surface area contributed by atoms with Crippen LogP contribution in [0.4, 0.5) is 5.95 Å². The molecule has 1 aromatic carbocycles. The van der Waals surface area contributed by atoms with E-state index in [1.807, 2.05) is 0 Å². The number of piperidine rings is 1. The third-order valence-corrected chi connectivity index (χ3v) is 5.83. The Morgan fingerprint density at radius 2 is 2.06 bits per heavy atom. The van der Waals surface area contributed by atoms with Crippen molar-refractivity contribution in [2.75, 3.05) is 24.6 Å². The summed E-state index contributed by atoms with van der Waals surface area (Å²) < 4.78 is 8.68. The maximum atomic E-state index is 12.7. The lowest BCUT2D eigenvalue weighted by molar-refractivity contribution is 0.0935. The van der Waals surface area contributed by atoms with Crippen LogP contribution >= 0.6 is 11.6 Å². The fourth-order valence-corrected chi connectivity index (χ4v) is 4.12. The first-order valence-corrected chi connectivity index (χ1v) is 10.7. The van der Waals surface area contributed by atoms with Gasteiger partial charge >= 0.3 is 5.69 Å². The lowest BCUT2D eigenvalue weighted by Gasteiger charge is -2.32. The lowest BCUT2D eigenvalue weighted by atomic mass is 10.0. The number of hydrogen-bond donors (Lipinski definition) is 2. The Kier molecular flexibility index (Phi) is 6.06. The number of aliphatic hydroxyl groups excluding tert-OH is 1. The molecule has 0 amide bonds. The Morgan fingerprint density at radius 3 is 2.77 bits per heavy atom. The Hall–Kier alpha value is -2.78. The average molecular weight is 448 g/mol. The van der Waals surface area contributed by atoms with Crippen molar-refractivity contribution in [3.05, 3.63) is 50.1 Å². The Bertz CT molecular complexity index is 1180. The van der Waals surface area contributed by atoms with E-state index in [0.29, 0.717) is 28.3 Å². The number of aromatic amines is 1. The average Bonchev–Trinajstić information content (AvgIpc) is 3.11. The van der Waals surface area contributed by atoms with Gasteiger partial charge in [-0.1, -0.05) is 18.5 Å². The van der Waals surface area contributed by atoms with E-state index in [9.17, 15) is 14.7 Å². The first kappa shape index (κ1) is 21.5. The standard InChI is InChI=1S/C21H26ClN5O4/c1-13-4-3-9-26(10-13)20-23-18-17(19(29)24-21(30)25(18)2)27(20)11-15(28)12-31-16-7-5-14(22)6-8-16/h5-8,13,15,28H,3-4,9-12H2,1-2H3,(H,24,29,30). The predicted octanol–water partition coefficient (Wildman–Crippen LogP) is 1.75. The number of nitrogens with one attached hydrogen (secondary N) is 1. The van der Waals surface area contributed by atoms with E-state index >= 15 is 0 Å². The van der Waals surface area contributed by atoms with Crippen LogP contribution in [0.5, 0.6) is 5.75 Å². The molecule has 2 atom stereocenters. The Balaban J connectivity index is 1.66. The fourth-order valence-electron chi connectivity index (χ4n) is 4.00. The van der Waals surface area contributed by atoms with Gasteiger partial charge in [0.2, 0.25) is 5.95 Å². The second-order valence-electron chi connectivity index (χ2n) is 8.13. The lowest BCUT2D eigenvalue weighted by Crippen LogP contribution is -2.37. The first-order valence-electron chi connectivity index (χ1n) is 10.3. The smallest absolute Gasteiger partial charge is 0.329 e. The van der Waals surface area contributed by atoms with E-state index < -0.39 is 17.4 Å². The van der Waals surface area contributed by atoms with E-state index in [1.165, 1.54) is 4.57 Å².